The number of rotatable bonds is 6. The topological polar surface area (TPSA) is 99.1 Å². The molecule has 0 heterocycles. The quantitative estimate of drug-likeness (QED) is 0.448. The Morgan fingerprint density at radius 2 is 1.71 bits per heavy atom. The van der Waals surface area contributed by atoms with Crippen LogP contribution >= 0.6 is 0 Å². The zero-order chi connectivity index (χ0) is 21.9. The predicted molar refractivity (Wildman–Crippen MR) is 106 cm³/mol. The molecule has 1 rings (SSSR count). The zero-order valence-electron chi connectivity index (χ0n) is 16.8. The highest BCUT2D eigenvalue weighted by Crippen LogP contribution is 2.29. The van der Waals surface area contributed by atoms with E-state index in [4.69, 9.17) is 19.3 Å². The van der Waals surface area contributed by atoms with Crippen LogP contribution in [0.3, 0.4) is 0 Å². The van der Waals surface area contributed by atoms with E-state index < -0.39 is 23.5 Å². The normalized spacial score (nSPS) is 10.3. The van der Waals surface area contributed by atoms with E-state index in [1.807, 2.05) is 0 Å². The highest BCUT2D eigenvalue weighted by atomic mass is 16.6. The fourth-order valence-electron chi connectivity index (χ4n) is 1.56. The molecule has 7 nitrogen and oxygen atoms in total. The Hall–Kier alpha value is -3.35. The summed E-state index contributed by atoms with van der Waals surface area (Å²) in [6.45, 7) is 13.4. The van der Waals surface area contributed by atoms with E-state index in [1.165, 1.54) is 13.2 Å². The number of carboxylic acids is 1. The van der Waals surface area contributed by atoms with Gasteiger partial charge in [-0.05, 0) is 51.5 Å². The van der Waals surface area contributed by atoms with Crippen molar-refractivity contribution in [2.45, 2.75) is 33.3 Å². The van der Waals surface area contributed by atoms with Crippen LogP contribution in [0.25, 0.3) is 6.08 Å². The molecule has 0 amide bonds. The third-order valence-corrected chi connectivity index (χ3v) is 2.73. The SMILES string of the molecule is C=C(C)C(=O)Oc1ccc(/C=C/C(=O)OC(C)(C)C)cc1OC.C=CC(=O)O. The minimum Gasteiger partial charge on any atom is -0.493 e. The van der Waals surface area contributed by atoms with Crippen LogP contribution in [-0.4, -0.2) is 35.7 Å². The third-order valence-electron chi connectivity index (χ3n) is 2.73. The Kier molecular flexibility index (Phi) is 10.0. The number of hydrogen-bond donors (Lipinski definition) is 1. The second-order valence-corrected chi connectivity index (χ2v) is 6.49. The number of carbonyl (C=O) groups is 3. The number of benzene rings is 1. The molecule has 0 saturated heterocycles. The van der Waals surface area contributed by atoms with Crippen LogP contribution in [0.1, 0.15) is 33.3 Å². The standard InChI is InChI=1S/C18H22O5.C3H4O2/c1-12(2)17(20)22-14-9-7-13(11-15(14)21-6)8-10-16(19)23-18(3,4)5;1-2-3(4)5/h7-11H,1H2,2-6H3;2H,1H2,(H,4,5)/b10-8+;. The maximum Gasteiger partial charge on any atom is 0.338 e. The van der Waals surface area contributed by atoms with Gasteiger partial charge in [0.15, 0.2) is 11.5 Å². The van der Waals surface area contributed by atoms with Crippen LogP contribution in [0.5, 0.6) is 11.5 Å². The molecule has 0 radical (unpaired) electrons. The van der Waals surface area contributed by atoms with Gasteiger partial charge < -0.3 is 19.3 Å². The molecule has 7 heteroatoms. The molecule has 0 aliphatic rings. The maximum atomic E-state index is 11.7. The molecule has 0 bridgehead atoms. The summed E-state index contributed by atoms with van der Waals surface area (Å²) >= 11 is 0. The van der Waals surface area contributed by atoms with E-state index in [9.17, 15) is 14.4 Å². The summed E-state index contributed by atoms with van der Waals surface area (Å²) < 4.78 is 15.5. The first-order valence-electron chi connectivity index (χ1n) is 8.21. The van der Waals surface area contributed by atoms with E-state index in [2.05, 4.69) is 13.2 Å². The van der Waals surface area contributed by atoms with Crippen molar-refractivity contribution in [3.05, 3.63) is 54.6 Å². The first-order chi connectivity index (χ1) is 12.9. The lowest BCUT2D eigenvalue weighted by Gasteiger charge is -2.17. The van der Waals surface area contributed by atoms with Gasteiger partial charge in [-0.2, -0.15) is 0 Å². The summed E-state index contributed by atoms with van der Waals surface area (Å²) in [7, 11) is 1.47. The average Bonchev–Trinajstić information content (AvgIpc) is 2.59. The monoisotopic (exact) mass is 390 g/mol. The molecule has 0 aromatic heterocycles. The number of hydrogen-bond acceptors (Lipinski definition) is 6. The summed E-state index contributed by atoms with van der Waals surface area (Å²) in [6, 6.07) is 4.95. The van der Waals surface area contributed by atoms with Crippen molar-refractivity contribution in [3.8, 4) is 11.5 Å². The van der Waals surface area contributed by atoms with Gasteiger partial charge in [-0.25, -0.2) is 14.4 Å². The van der Waals surface area contributed by atoms with Crippen LogP contribution in [0, 0.1) is 0 Å². The summed E-state index contributed by atoms with van der Waals surface area (Å²) in [6.07, 6.45) is 3.76. The summed E-state index contributed by atoms with van der Waals surface area (Å²) in [5, 5.41) is 7.60. The van der Waals surface area contributed by atoms with Gasteiger partial charge in [0, 0.05) is 17.7 Å². The summed E-state index contributed by atoms with van der Waals surface area (Å²) in [5.41, 5.74) is 0.462. The van der Waals surface area contributed by atoms with Gasteiger partial charge in [0.2, 0.25) is 0 Å². The van der Waals surface area contributed by atoms with Crippen molar-refractivity contribution in [2.24, 2.45) is 0 Å². The Morgan fingerprint density at radius 1 is 1.14 bits per heavy atom. The molecular weight excluding hydrogens is 364 g/mol. The molecule has 152 valence electrons. The van der Waals surface area contributed by atoms with Crippen LogP contribution in [0.4, 0.5) is 0 Å². The van der Waals surface area contributed by atoms with Crippen LogP contribution in [0.2, 0.25) is 0 Å². The number of esters is 2. The molecule has 28 heavy (non-hydrogen) atoms. The fourth-order valence-corrected chi connectivity index (χ4v) is 1.56. The van der Waals surface area contributed by atoms with E-state index in [0.717, 1.165) is 6.08 Å². The second-order valence-electron chi connectivity index (χ2n) is 6.49. The number of ether oxygens (including phenoxy) is 3. The number of aliphatic carboxylic acids is 1. The van der Waals surface area contributed by atoms with Gasteiger partial charge >= 0.3 is 17.9 Å². The van der Waals surface area contributed by atoms with E-state index in [0.29, 0.717) is 16.9 Å². The third kappa shape index (κ3) is 10.6. The van der Waals surface area contributed by atoms with Crippen LogP contribution in [-0.2, 0) is 19.1 Å². The minimum atomic E-state index is -0.981. The van der Waals surface area contributed by atoms with Crippen molar-refractivity contribution in [2.75, 3.05) is 7.11 Å². The van der Waals surface area contributed by atoms with Gasteiger partial charge in [-0.15, -0.1) is 0 Å². The average molecular weight is 390 g/mol. The van der Waals surface area contributed by atoms with E-state index in [1.54, 1.807) is 52.0 Å². The fraction of sp³-hybridized carbons (Fsp3) is 0.286. The first-order valence-corrected chi connectivity index (χ1v) is 8.21. The Bertz CT molecular complexity index is 767. The highest BCUT2D eigenvalue weighted by Gasteiger charge is 2.14. The van der Waals surface area contributed by atoms with Crippen molar-refractivity contribution in [1.82, 2.24) is 0 Å². The molecule has 1 aromatic carbocycles. The zero-order valence-corrected chi connectivity index (χ0v) is 16.8. The minimum absolute atomic E-state index is 0.287. The number of carboxylic acid groups (broad SMARTS) is 1. The second kappa shape index (κ2) is 11.4. The van der Waals surface area contributed by atoms with Gasteiger partial charge in [0.1, 0.15) is 5.60 Å². The first kappa shape index (κ1) is 24.7. The van der Waals surface area contributed by atoms with Gasteiger partial charge in [-0.1, -0.05) is 19.2 Å². The molecule has 0 fully saturated rings. The van der Waals surface area contributed by atoms with Gasteiger partial charge in [0.05, 0.1) is 7.11 Å². The summed E-state index contributed by atoms with van der Waals surface area (Å²) in [5.74, 6) is -1.28. The molecule has 1 aromatic rings. The predicted octanol–water partition coefficient (Wildman–Crippen LogP) is 3.79. The molecule has 0 saturated carbocycles. The van der Waals surface area contributed by atoms with Gasteiger partial charge in [0.25, 0.3) is 0 Å². The van der Waals surface area contributed by atoms with E-state index >= 15 is 0 Å². The maximum absolute atomic E-state index is 11.7. The van der Waals surface area contributed by atoms with Gasteiger partial charge in [-0.3, -0.25) is 0 Å². The lowest BCUT2D eigenvalue weighted by Crippen LogP contribution is -2.22. The lowest BCUT2D eigenvalue weighted by molar-refractivity contribution is -0.148. The molecule has 0 unspecified atom stereocenters. The Morgan fingerprint density at radius 3 is 2.14 bits per heavy atom. The number of carbonyl (C=O) groups excluding carboxylic acids is 2. The molecule has 0 spiro atoms. The smallest absolute Gasteiger partial charge is 0.338 e. The molecule has 1 N–H and O–H groups in total. The Labute approximate surface area is 164 Å². The largest absolute Gasteiger partial charge is 0.493 e. The Balaban J connectivity index is 0.00000129. The molecule has 0 atom stereocenters. The van der Waals surface area contributed by atoms with Crippen molar-refractivity contribution < 1.29 is 33.7 Å². The van der Waals surface area contributed by atoms with E-state index in [-0.39, 0.29) is 5.75 Å². The summed E-state index contributed by atoms with van der Waals surface area (Å²) in [4.78, 5) is 32.5. The molecule has 0 aliphatic heterocycles. The highest BCUT2D eigenvalue weighted by molar-refractivity contribution is 5.89. The van der Waals surface area contributed by atoms with Crippen molar-refractivity contribution in [1.29, 1.82) is 0 Å². The van der Waals surface area contributed by atoms with Crippen LogP contribution < -0.4 is 9.47 Å². The number of methoxy groups -OCH3 is 1. The lowest BCUT2D eigenvalue weighted by atomic mass is 10.1. The van der Waals surface area contributed by atoms with Crippen molar-refractivity contribution >= 4 is 24.0 Å². The molecule has 0 aliphatic carbocycles. The van der Waals surface area contributed by atoms with Crippen LogP contribution in [0.15, 0.2) is 49.1 Å². The van der Waals surface area contributed by atoms with Crippen molar-refractivity contribution in [3.63, 3.8) is 0 Å². The molecular formula is C21H26O7.